The monoisotopic (exact) mass is 421 g/mol. The van der Waals surface area contributed by atoms with Gasteiger partial charge in [-0.2, -0.15) is 0 Å². The maximum atomic E-state index is 10.9. The van der Waals surface area contributed by atoms with E-state index in [-0.39, 0.29) is 11.5 Å². The lowest BCUT2D eigenvalue weighted by molar-refractivity contribution is -0.0841. The van der Waals surface area contributed by atoms with Crippen LogP contribution in [0.1, 0.15) is 30.9 Å². The second-order valence-corrected chi connectivity index (χ2v) is 9.81. The molecule has 0 unspecified atom stereocenters. The first-order chi connectivity index (χ1) is 14.5. The lowest BCUT2D eigenvalue weighted by atomic mass is 9.58. The Hall–Kier alpha value is -2.55. The molecule has 3 atom stereocenters. The van der Waals surface area contributed by atoms with Gasteiger partial charge in [-0.3, -0.25) is 0 Å². The molecule has 1 spiro atoms. The van der Waals surface area contributed by atoms with Crippen LogP contribution in [0.3, 0.4) is 0 Å². The van der Waals surface area contributed by atoms with Gasteiger partial charge in [-0.1, -0.05) is 6.07 Å². The standard InChI is InChI=1S/C22H23N5O2S/c23-20-14-3-4-27(21(14)25-10-24-20)16-9-22(19(29)18(16)28)7-13(8-22)5-12-1-2-17-15(6-12)26-11-30-17/h1-4,6,10-11,13,16,18-19,28-29H,5,7-9H2,(H2,23,24,25)/t13?,16-,18+,19+,22?/m1/s1. The fraction of sp³-hybridized carbons (Fsp3) is 0.409. The lowest BCUT2D eigenvalue weighted by Crippen LogP contribution is -2.46. The maximum Gasteiger partial charge on any atom is 0.145 e. The zero-order valence-electron chi connectivity index (χ0n) is 16.3. The topological polar surface area (TPSA) is 110 Å². The smallest absolute Gasteiger partial charge is 0.145 e. The van der Waals surface area contributed by atoms with Gasteiger partial charge in [0.1, 0.15) is 23.9 Å². The molecule has 2 aliphatic rings. The van der Waals surface area contributed by atoms with Gasteiger partial charge >= 0.3 is 0 Å². The third-order valence-electron chi connectivity index (χ3n) is 7.17. The first-order valence-corrected chi connectivity index (χ1v) is 11.2. The van der Waals surface area contributed by atoms with Crippen LogP contribution in [0.15, 0.2) is 42.3 Å². The van der Waals surface area contributed by atoms with Crippen molar-refractivity contribution >= 4 is 38.4 Å². The molecule has 8 heteroatoms. The van der Waals surface area contributed by atoms with E-state index in [2.05, 4.69) is 33.2 Å². The number of benzene rings is 1. The van der Waals surface area contributed by atoms with E-state index in [9.17, 15) is 10.2 Å². The normalized spacial score (nSPS) is 31.0. The average Bonchev–Trinajstić information content (AvgIpc) is 3.41. The molecule has 6 rings (SSSR count). The van der Waals surface area contributed by atoms with Gasteiger partial charge in [-0.15, -0.1) is 11.3 Å². The highest BCUT2D eigenvalue weighted by atomic mass is 32.1. The van der Waals surface area contributed by atoms with Crippen LogP contribution < -0.4 is 5.73 Å². The molecular formula is C22H23N5O2S. The number of aliphatic hydroxyl groups excluding tert-OH is 2. The van der Waals surface area contributed by atoms with Crippen molar-refractivity contribution in [2.24, 2.45) is 11.3 Å². The summed E-state index contributed by atoms with van der Waals surface area (Å²) >= 11 is 1.66. The van der Waals surface area contributed by atoms with Crippen LogP contribution >= 0.6 is 11.3 Å². The molecule has 1 aromatic carbocycles. The summed E-state index contributed by atoms with van der Waals surface area (Å²) in [5.41, 5.74) is 10.7. The van der Waals surface area contributed by atoms with Crippen molar-refractivity contribution in [1.29, 1.82) is 0 Å². The van der Waals surface area contributed by atoms with Crippen molar-refractivity contribution in [2.45, 2.75) is 43.9 Å². The number of nitrogens with two attached hydrogens (primary N) is 1. The van der Waals surface area contributed by atoms with Gasteiger partial charge in [0.15, 0.2) is 0 Å². The van der Waals surface area contributed by atoms with Gasteiger partial charge in [-0.25, -0.2) is 15.0 Å². The Bertz CT molecular complexity index is 1240. The third kappa shape index (κ3) is 2.60. The van der Waals surface area contributed by atoms with Crippen LogP contribution in [0.25, 0.3) is 21.3 Å². The molecule has 30 heavy (non-hydrogen) atoms. The van der Waals surface area contributed by atoms with Crippen LogP contribution in [-0.2, 0) is 6.42 Å². The summed E-state index contributed by atoms with van der Waals surface area (Å²) in [6, 6.07) is 8.18. The summed E-state index contributed by atoms with van der Waals surface area (Å²) in [5, 5.41) is 22.6. The van der Waals surface area contributed by atoms with Crippen molar-refractivity contribution in [3.63, 3.8) is 0 Å². The maximum absolute atomic E-state index is 10.9. The summed E-state index contributed by atoms with van der Waals surface area (Å²) in [5.74, 6) is 0.948. The first kappa shape index (κ1) is 18.2. The van der Waals surface area contributed by atoms with Gasteiger partial charge in [0.05, 0.1) is 33.3 Å². The highest BCUT2D eigenvalue weighted by Gasteiger charge is 2.59. The minimum absolute atomic E-state index is 0.209. The Morgan fingerprint density at radius 2 is 2.00 bits per heavy atom. The quantitative estimate of drug-likeness (QED) is 0.469. The molecule has 3 heterocycles. The zero-order chi connectivity index (χ0) is 20.5. The number of hydrogen-bond donors (Lipinski definition) is 3. The molecule has 0 amide bonds. The number of nitrogens with zero attached hydrogens (tertiary/aromatic N) is 4. The van der Waals surface area contributed by atoms with E-state index in [0.29, 0.717) is 17.4 Å². The van der Waals surface area contributed by atoms with Gasteiger partial charge in [-0.05, 0) is 55.4 Å². The lowest BCUT2D eigenvalue weighted by Gasteiger charge is -2.48. The Morgan fingerprint density at radius 3 is 2.87 bits per heavy atom. The zero-order valence-corrected chi connectivity index (χ0v) is 17.2. The second kappa shape index (κ2) is 6.47. The van der Waals surface area contributed by atoms with Crippen molar-refractivity contribution < 1.29 is 10.2 Å². The Labute approximate surface area is 177 Å². The van der Waals surface area contributed by atoms with Crippen LogP contribution in [0, 0.1) is 11.3 Å². The number of nitrogen functional groups attached to an aromatic ring is 1. The molecule has 0 aliphatic heterocycles. The van der Waals surface area contributed by atoms with Crippen molar-refractivity contribution in [3.05, 3.63) is 47.9 Å². The number of aliphatic hydroxyl groups is 2. The van der Waals surface area contributed by atoms with Crippen LogP contribution in [-0.4, -0.2) is 41.9 Å². The molecule has 4 aromatic rings. The summed E-state index contributed by atoms with van der Waals surface area (Å²) in [6.07, 6.45) is 5.37. The van der Waals surface area contributed by atoms with Crippen LogP contribution in [0.5, 0.6) is 0 Å². The number of thiazole rings is 1. The summed E-state index contributed by atoms with van der Waals surface area (Å²) in [7, 11) is 0. The van der Waals surface area contributed by atoms with Crippen molar-refractivity contribution in [3.8, 4) is 0 Å². The SMILES string of the molecule is Nc1ncnc2c1ccn2[C@@H]1CC2(CC(Cc3ccc4scnc4c3)C2)[C@@H](O)[C@H]1O. The molecule has 0 radical (unpaired) electrons. The van der Waals surface area contributed by atoms with Crippen molar-refractivity contribution in [2.75, 3.05) is 5.73 Å². The molecule has 3 aromatic heterocycles. The largest absolute Gasteiger partial charge is 0.390 e. The van der Waals surface area contributed by atoms with Crippen LogP contribution in [0.2, 0.25) is 0 Å². The summed E-state index contributed by atoms with van der Waals surface area (Å²) in [4.78, 5) is 12.8. The van der Waals surface area contributed by atoms with Crippen LogP contribution in [0.4, 0.5) is 5.82 Å². The average molecular weight is 422 g/mol. The molecular weight excluding hydrogens is 398 g/mol. The predicted molar refractivity (Wildman–Crippen MR) is 116 cm³/mol. The molecule has 2 fully saturated rings. The summed E-state index contributed by atoms with van der Waals surface area (Å²) < 4.78 is 3.17. The number of fused-ring (bicyclic) bond motifs is 2. The molecule has 0 saturated heterocycles. The van der Waals surface area contributed by atoms with E-state index in [1.54, 1.807) is 11.3 Å². The third-order valence-corrected chi connectivity index (χ3v) is 7.98. The molecule has 7 nitrogen and oxygen atoms in total. The van der Waals surface area contributed by atoms with E-state index in [1.807, 2.05) is 22.3 Å². The van der Waals surface area contributed by atoms with E-state index >= 15 is 0 Å². The highest BCUT2D eigenvalue weighted by Crippen LogP contribution is 2.60. The number of rotatable bonds is 3. The summed E-state index contributed by atoms with van der Waals surface area (Å²) in [6.45, 7) is 0. The second-order valence-electron chi connectivity index (χ2n) is 8.92. The van der Waals surface area contributed by atoms with Gasteiger partial charge in [0.25, 0.3) is 0 Å². The highest BCUT2D eigenvalue weighted by molar-refractivity contribution is 7.16. The molecule has 154 valence electrons. The number of aromatic nitrogens is 4. The van der Waals surface area contributed by atoms with E-state index in [4.69, 9.17) is 5.73 Å². The van der Waals surface area contributed by atoms with E-state index in [1.165, 1.54) is 16.6 Å². The van der Waals surface area contributed by atoms with Gasteiger partial charge < -0.3 is 20.5 Å². The molecule has 2 aliphatic carbocycles. The Morgan fingerprint density at radius 1 is 1.13 bits per heavy atom. The predicted octanol–water partition coefficient (Wildman–Crippen LogP) is 2.93. The fourth-order valence-corrected chi connectivity index (χ4v) is 6.42. The first-order valence-electron chi connectivity index (χ1n) is 10.3. The molecule has 4 N–H and O–H groups in total. The van der Waals surface area contributed by atoms with Crippen molar-refractivity contribution in [1.82, 2.24) is 19.5 Å². The number of anilines is 1. The van der Waals surface area contributed by atoms with E-state index < -0.39 is 12.2 Å². The minimum Gasteiger partial charge on any atom is -0.390 e. The van der Waals surface area contributed by atoms with Gasteiger partial charge in [0, 0.05) is 11.6 Å². The van der Waals surface area contributed by atoms with Gasteiger partial charge in [0.2, 0.25) is 0 Å². The Balaban J connectivity index is 1.21. The minimum atomic E-state index is -0.816. The fourth-order valence-electron chi connectivity index (χ4n) is 5.76. The molecule has 2 saturated carbocycles. The van der Waals surface area contributed by atoms with E-state index in [0.717, 1.165) is 36.6 Å². The number of hydrogen-bond acceptors (Lipinski definition) is 7. The molecule has 0 bridgehead atoms. The Kier molecular flexibility index (Phi) is 3.93.